The van der Waals surface area contributed by atoms with Gasteiger partial charge in [0.1, 0.15) is 16.9 Å². The fourth-order valence-electron chi connectivity index (χ4n) is 2.90. The van der Waals surface area contributed by atoms with Gasteiger partial charge < -0.3 is 9.47 Å². The highest BCUT2D eigenvalue weighted by Gasteiger charge is 2.36. The zero-order valence-electron chi connectivity index (χ0n) is 14.5. The maximum atomic E-state index is 12.6. The number of hydrogen-bond donors (Lipinski definition) is 0. The second-order valence-electron chi connectivity index (χ2n) is 5.76. The van der Waals surface area contributed by atoms with E-state index >= 15 is 0 Å². The minimum Gasteiger partial charge on any atom is -0.497 e. The Labute approximate surface area is 159 Å². The summed E-state index contributed by atoms with van der Waals surface area (Å²) in [6, 6.07) is 13.7. The molecule has 7 heteroatoms. The molecule has 4 rings (SSSR count). The van der Waals surface area contributed by atoms with Crippen molar-refractivity contribution < 1.29 is 14.3 Å². The van der Waals surface area contributed by atoms with Gasteiger partial charge in [0.05, 0.1) is 29.7 Å². The van der Waals surface area contributed by atoms with E-state index in [4.69, 9.17) is 9.47 Å². The van der Waals surface area contributed by atoms with Crippen LogP contribution >= 0.6 is 23.1 Å². The van der Waals surface area contributed by atoms with Crippen LogP contribution in [-0.2, 0) is 4.79 Å². The first-order valence-electron chi connectivity index (χ1n) is 8.30. The highest BCUT2D eigenvalue weighted by Crippen LogP contribution is 2.44. The summed E-state index contributed by atoms with van der Waals surface area (Å²) in [5.74, 6) is 2.17. The van der Waals surface area contributed by atoms with E-state index in [1.165, 1.54) is 11.3 Å². The molecule has 0 N–H and O–H groups in total. The Hall–Kier alpha value is -2.25. The molecule has 1 aliphatic rings. The number of carbonyl (C=O) groups excluding carboxylic acids is 1. The summed E-state index contributed by atoms with van der Waals surface area (Å²) in [6.07, 6.45) is 0. The highest BCUT2D eigenvalue weighted by molar-refractivity contribution is 8.00. The Balaban J connectivity index is 1.69. The number of anilines is 1. The predicted octanol–water partition coefficient (Wildman–Crippen LogP) is 4.48. The topological polar surface area (TPSA) is 51.7 Å². The number of carbonyl (C=O) groups is 1. The molecule has 0 aliphatic carbocycles. The van der Waals surface area contributed by atoms with Crippen LogP contribution in [0.25, 0.3) is 10.2 Å². The van der Waals surface area contributed by atoms with Crippen molar-refractivity contribution in [1.82, 2.24) is 4.98 Å². The van der Waals surface area contributed by atoms with Crippen LogP contribution in [0.4, 0.5) is 5.13 Å². The van der Waals surface area contributed by atoms with Crippen LogP contribution < -0.4 is 14.4 Å². The zero-order valence-corrected chi connectivity index (χ0v) is 16.1. The van der Waals surface area contributed by atoms with Gasteiger partial charge in [0.15, 0.2) is 5.13 Å². The Kier molecular flexibility index (Phi) is 4.74. The number of aromatic nitrogens is 1. The number of fused-ring (bicyclic) bond motifs is 1. The summed E-state index contributed by atoms with van der Waals surface area (Å²) in [5.41, 5.74) is 1.95. The first-order chi connectivity index (χ1) is 12.7. The highest BCUT2D eigenvalue weighted by atomic mass is 32.2. The predicted molar refractivity (Wildman–Crippen MR) is 106 cm³/mol. The Morgan fingerprint density at radius 1 is 1.19 bits per heavy atom. The first kappa shape index (κ1) is 17.2. The molecule has 0 spiro atoms. The van der Waals surface area contributed by atoms with Crippen molar-refractivity contribution in [2.45, 2.75) is 12.3 Å². The third-order valence-electron chi connectivity index (χ3n) is 4.13. The lowest BCUT2D eigenvalue weighted by Gasteiger charge is -2.21. The molecule has 1 amide bonds. The second kappa shape index (κ2) is 7.17. The SMILES string of the molecule is CCOc1ccc2nc(N3C(=O)CS[C@H]3c3ccc(OC)cc3)sc2c1. The summed E-state index contributed by atoms with van der Waals surface area (Å²) in [6.45, 7) is 2.58. The number of nitrogens with zero attached hydrogens (tertiary/aromatic N) is 2. The molecule has 134 valence electrons. The summed E-state index contributed by atoms with van der Waals surface area (Å²) < 4.78 is 11.8. The fourth-order valence-corrected chi connectivity index (χ4v) is 5.16. The average molecular weight is 386 g/mol. The molecule has 2 heterocycles. The minimum absolute atomic E-state index is 0.0691. The van der Waals surface area contributed by atoms with Gasteiger partial charge in [-0.2, -0.15) is 0 Å². The molecular formula is C19H18N2O3S2. The smallest absolute Gasteiger partial charge is 0.240 e. The first-order valence-corrected chi connectivity index (χ1v) is 10.2. The van der Waals surface area contributed by atoms with Crippen molar-refractivity contribution in [1.29, 1.82) is 0 Å². The van der Waals surface area contributed by atoms with Crippen LogP contribution in [0.2, 0.25) is 0 Å². The molecule has 0 saturated carbocycles. The van der Waals surface area contributed by atoms with Crippen molar-refractivity contribution in [3.05, 3.63) is 48.0 Å². The van der Waals surface area contributed by atoms with Crippen molar-refractivity contribution >= 4 is 44.4 Å². The van der Waals surface area contributed by atoms with Gasteiger partial charge in [0.2, 0.25) is 5.91 Å². The molecule has 3 aromatic rings. The number of ether oxygens (including phenoxy) is 2. The van der Waals surface area contributed by atoms with Crippen LogP contribution in [0.3, 0.4) is 0 Å². The molecule has 1 atom stereocenters. The molecule has 1 aromatic heterocycles. The molecule has 1 aliphatic heterocycles. The molecule has 26 heavy (non-hydrogen) atoms. The summed E-state index contributed by atoms with van der Waals surface area (Å²) in [7, 11) is 1.65. The molecule has 0 radical (unpaired) electrons. The number of amides is 1. The Morgan fingerprint density at radius 3 is 2.69 bits per heavy atom. The van der Waals surface area contributed by atoms with Crippen LogP contribution in [0.5, 0.6) is 11.5 Å². The standard InChI is InChI=1S/C19H18N2O3S2/c1-3-24-14-8-9-15-16(10-14)26-19(20-15)21-17(22)11-25-18(21)12-4-6-13(23-2)7-5-12/h4-10,18H,3,11H2,1-2H3/t18-/m0/s1. The molecule has 2 aromatic carbocycles. The third-order valence-corrected chi connectivity index (χ3v) is 6.36. The lowest BCUT2D eigenvalue weighted by molar-refractivity contribution is -0.115. The minimum atomic E-state index is -0.0691. The summed E-state index contributed by atoms with van der Waals surface area (Å²) >= 11 is 3.14. The van der Waals surface area contributed by atoms with Gasteiger partial charge in [-0.1, -0.05) is 23.5 Å². The molecule has 0 unspecified atom stereocenters. The van der Waals surface area contributed by atoms with E-state index in [1.54, 1.807) is 23.8 Å². The fraction of sp³-hybridized carbons (Fsp3) is 0.263. The number of thiazole rings is 1. The van der Waals surface area contributed by atoms with E-state index in [2.05, 4.69) is 4.98 Å². The van der Waals surface area contributed by atoms with Crippen molar-refractivity contribution in [2.75, 3.05) is 24.4 Å². The zero-order chi connectivity index (χ0) is 18.1. The van der Waals surface area contributed by atoms with Gasteiger partial charge in [-0.15, -0.1) is 11.8 Å². The third kappa shape index (κ3) is 3.12. The van der Waals surface area contributed by atoms with Crippen molar-refractivity contribution in [2.24, 2.45) is 0 Å². The number of benzene rings is 2. The van der Waals surface area contributed by atoms with Gasteiger partial charge in [-0.25, -0.2) is 4.98 Å². The van der Waals surface area contributed by atoms with E-state index < -0.39 is 0 Å². The lowest BCUT2D eigenvalue weighted by Crippen LogP contribution is -2.27. The Bertz CT molecular complexity index is 940. The Morgan fingerprint density at radius 2 is 1.96 bits per heavy atom. The van der Waals surface area contributed by atoms with Gasteiger partial charge in [0, 0.05) is 0 Å². The van der Waals surface area contributed by atoms with E-state index in [-0.39, 0.29) is 11.3 Å². The van der Waals surface area contributed by atoms with Gasteiger partial charge in [0.25, 0.3) is 0 Å². The largest absolute Gasteiger partial charge is 0.497 e. The quantitative estimate of drug-likeness (QED) is 0.647. The summed E-state index contributed by atoms with van der Waals surface area (Å²) in [5, 5.41) is 0.657. The van der Waals surface area contributed by atoms with Crippen LogP contribution in [0.15, 0.2) is 42.5 Å². The van der Waals surface area contributed by atoms with E-state index in [0.717, 1.165) is 32.4 Å². The monoisotopic (exact) mass is 386 g/mol. The normalized spacial score (nSPS) is 17.1. The van der Waals surface area contributed by atoms with E-state index in [1.807, 2.05) is 49.4 Å². The average Bonchev–Trinajstić information content (AvgIpc) is 3.24. The number of methoxy groups -OCH3 is 1. The van der Waals surface area contributed by atoms with Crippen molar-refractivity contribution in [3.63, 3.8) is 0 Å². The van der Waals surface area contributed by atoms with Crippen LogP contribution in [0.1, 0.15) is 17.9 Å². The van der Waals surface area contributed by atoms with E-state index in [9.17, 15) is 4.79 Å². The summed E-state index contributed by atoms with van der Waals surface area (Å²) in [4.78, 5) is 19.0. The number of thioether (sulfide) groups is 1. The maximum Gasteiger partial charge on any atom is 0.240 e. The molecular weight excluding hydrogens is 368 g/mol. The van der Waals surface area contributed by atoms with E-state index in [0.29, 0.717) is 12.4 Å². The maximum absolute atomic E-state index is 12.6. The molecule has 1 saturated heterocycles. The number of hydrogen-bond acceptors (Lipinski definition) is 6. The van der Waals surface area contributed by atoms with Crippen LogP contribution in [-0.4, -0.2) is 30.4 Å². The van der Waals surface area contributed by atoms with Crippen molar-refractivity contribution in [3.8, 4) is 11.5 Å². The second-order valence-corrected chi connectivity index (χ2v) is 7.84. The number of rotatable bonds is 5. The molecule has 1 fully saturated rings. The van der Waals surface area contributed by atoms with Gasteiger partial charge >= 0.3 is 0 Å². The molecule has 0 bridgehead atoms. The van der Waals surface area contributed by atoms with Crippen LogP contribution in [0, 0.1) is 0 Å². The molecule has 5 nitrogen and oxygen atoms in total. The van der Waals surface area contributed by atoms with Gasteiger partial charge in [-0.05, 0) is 42.8 Å². The van der Waals surface area contributed by atoms with Gasteiger partial charge in [-0.3, -0.25) is 9.69 Å². The lowest BCUT2D eigenvalue weighted by atomic mass is 10.2.